The molecule has 3 aromatic rings. The zero-order chi connectivity index (χ0) is 20.6. The number of carbonyl (C=O) groups is 1. The second-order valence-electron chi connectivity index (χ2n) is 6.50. The highest BCUT2D eigenvalue weighted by Gasteiger charge is 2.47. The molecule has 148 valence electrons. The molecule has 0 fully saturated rings. The molecule has 0 aliphatic carbocycles. The number of hydrogen-bond acceptors (Lipinski definition) is 5. The van der Waals surface area contributed by atoms with Crippen LogP contribution in [0.4, 0.5) is 24.7 Å². The van der Waals surface area contributed by atoms with Crippen molar-refractivity contribution in [2.24, 2.45) is 0 Å². The zero-order valence-corrected chi connectivity index (χ0v) is 14.8. The van der Waals surface area contributed by atoms with E-state index in [0.717, 1.165) is 10.9 Å². The van der Waals surface area contributed by atoms with Crippen LogP contribution in [-0.4, -0.2) is 21.9 Å². The van der Waals surface area contributed by atoms with Crippen molar-refractivity contribution in [2.45, 2.75) is 24.7 Å². The standard InChI is InChI=1S/C19H14F3N5O2/c20-19(21,22)16-8-14(15-2-1-7-29-15)26-17-13(10-24-27(16)17)18(28)25-12-5-3-11(9-23)4-6-12/h1-7,10,14,16,26H,8H2,(H,25,28). The molecule has 4 rings (SSSR count). The first-order valence-electron chi connectivity index (χ1n) is 8.62. The van der Waals surface area contributed by atoms with Crippen molar-refractivity contribution >= 4 is 17.4 Å². The van der Waals surface area contributed by atoms with Crippen molar-refractivity contribution < 1.29 is 22.4 Å². The van der Waals surface area contributed by atoms with Crippen LogP contribution >= 0.6 is 0 Å². The lowest BCUT2D eigenvalue weighted by molar-refractivity contribution is -0.174. The fraction of sp³-hybridized carbons (Fsp3) is 0.211. The zero-order valence-electron chi connectivity index (χ0n) is 14.8. The van der Waals surface area contributed by atoms with E-state index in [0.29, 0.717) is 17.0 Å². The SMILES string of the molecule is N#Cc1ccc(NC(=O)c2cnn3c2NC(c2ccco2)CC3C(F)(F)F)cc1. The van der Waals surface area contributed by atoms with Crippen LogP contribution in [0.15, 0.2) is 53.3 Å². The van der Waals surface area contributed by atoms with Crippen LogP contribution < -0.4 is 10.6 Å². The Kier molecular flexibility index (Phi) is 4.50. The summed E-state index contributed by atoms with van der Waals surface area (Å²) >= 11 is 0. The van der Waals surface area contributed by atoms with Crippen molar-refractivity contribution in [3.8, 4) is 6.07 Å². The number of halogens is 3. The van der Waals surface area contributed by atoms with Crippen molar-refractivity contribution in [3.05, 3.63) is 65.7 Å². The van der Waals surface area contributed by atoms with Gasteiger partial charge in [0.15, 0.2) is 6.04 Å². The van der Waals surface area contributed by atoms with Crippen LogP contribution in [0.1, 0.15) is 40.2 Å². The van der Waals surface area contributed by atoms with Crippen LogP contribution in [-0.2, 0) is 0 Å². The number of alkyl halides is 3. The van der Waals surface area contributed by atoms with Crippen molar-refractivity contribution in [3.63, 3.8) is 0 Å². The summed E-state index contributed by atoms with van der Waals surface area (Å²) < 4.78 is 46.9. The van der Waals surface area contributed by atoms with Gasteiger partial charge in [-0.05, 0) is 36.4 Å². The van der Waals surface area contributed by atoms with Gasteiger partial charge < -0.3 is 15.1 Å². The number of fused-ring (bicyclic) bond motifs is 1. The Morgan fingerprint density at radius 2 is 2.07 bits per heavy atom. The molecule has 3 heterocycles. The van der Waals surface area contributed by atoms with Gasteiger partial charge in [-0.25, -0.2) is 4.68 Å². The number of rotatable bonds is 3. The minimum Gasteiger partial charge on any atom is -0.467 e. The van der Waals surface area contributed by atoms with E-state index in [1.54, 1.807) is 12.1 Å². The number of hydrogen-bond donors (Lipinski definition) is 2. The van der Waals surface area contributed by atoms with Gasteiger partial charge in [-0.1, -0.05) is 0 Å². The lowest BCUT2D eigenvalue weighted by Crippen LogP contribution is -2.36. The van der Waals surface area contributed by atoms with Crippen molar-refractivity contribution in [1.82, 2.24) is 9.78 Å². The largest absolute Gasteiger partial charge is 0.467 e. The molecule has 2 unspecified atom stereocenters. The van der Waals surface area contributed by atoms with Crippen molar-refractivity contribution in [1.29, 1.82) is 5.26 Å². The Balaban J connectivity index is 1.66. The van der Waals surface area contributed by atoms with E-state index in [-0.39, 0.29) is 17.8 Å². The van der Waals surface area contributed by atoms with Gasteiger partial charge in [0.25, 0.3) is 5.91 Å². The van der Waals surface area contributed by atoms with E-state index in [2.05, 4.69) is 15.7 Å². The lowest BCUT2D eigenvalue weighted by atomic mass is 10.0. The Morgan fingerprint density at radius 1 is 1.31 bits per heavy atom. The summed E-state index contributed by atoms with van der Waals surface area (Å²) in [6.45, 7) is 0. The van der Waals surface area contributed by atoms with Gasteiger partial charge >= 0.3 is 6.18 Å². The molecule has 1 aromatic carbocycles. The molecule has 1 aliphatic rings. The van der Waals surface area contributed by atoms with E-state index in [9.17, 15) is 18.0 Å². The summed E-state index contributed by atoms with van der Waals surface area (Å²) in [6, 6.07) is 8.57. The van der Waals surface area contributed by atoms with E-state index in [1.807, 2.05) is 6.07 Å². The molecule has 2 atom stereocenters. The predicted molar refractivity (Wildman–Crippen MR) is 96.1 cm³/mol. The smallest absolute Gasteiger partial charge is 0.410 e. The third kappa shape index (κ3) is 3.54. The highest BCUT2D eigenvalue weighted by Crippen LogP contribution is 2.44. The maximum Gasteiger partial charge on any atom is 0.410 e. The second kappa shape index (κ2) is 7.01. The van der Waals surface area contributed by atoms with Gasteiger partial charge in [-0.15, -0.1) is 0 Å². The first-order chi connectivity index (χ1) is 13.9. The molecular formula is C19H14F3N5O2. The molecule has 1 aliphatic heterocycles. The molecule has 0 radical (unpaired) electrons. The maximum atomic E-state index is 13.6. The van der Waals surface area contributed by atoms with Gasteiger partial charge in [-0.2, -0.15) is 23.5 Å². The van der Waals surface area contributed by atoms with Crippen LogP contribution in [0, 0.1) is 11.3 Å². The van der Waals surface area contributed by atoms with Crippen LogP contribution in [0.5, 0.6) is 0 Å². The number of aromatic nitrogens is 2. The summed E-state index contributed by atoms with van der Waals surface area (Å²) in [6.07, 6.45) is -2.38. The monoisotopic (exact) mass is 401 g/mol. The number of nitrogens with zero attached hydrogens (tertiary/aromatic N) is 3. The van der Waals surface area contributed by atoms with Crippen molar-refractivity contribution in [2.75, 3.05) is 10.6 Å². The Hall–Kier alpha value is -3.74. The van der Waals surface area contributed by atoms with Gasteiger partial charge in [0.1, 0.15) is 17.1 Å². The molecule has 0 bridgehead atoms. The number of nitriles is 1. The summed E-state index contributed by atoms with van der Waals surface area (Å²) in [4.78, 5) is 12.7. The highest BCUT2D eigenvalue weighted by molar-refractivity contribution is 6.07. The molecule has 2 N–H and O–H groups in total. The molecule has 1 amide bonds. The van der Waals surface area contributed by atoms with E-state index >= 15 is 0 Å². The van der Waals surface area contributed by atoms with Gasteiger partial charge in [0.05, 0.1) is 30.1 Å². The molecule has 7 nitrogen and oxygen atoms in total. The van der Waals surface area contributed by atoms with E-state index < -0.39 is 24.2 Å². The average molecular weight is 401 g/mol. The topological polar surface area (TPSA) is 95.9 Å². The lowest BCUT2D eigenvalue weighted by Gasteiger charge is -2.32. The third-order valence-corrected chi connectivity index (χ3v) is 4.64. The predicted octanol–water partition coefficient (Wildman–Crippen LogP) is 4.26. The third-order valence-electron chi connectivity index (χ3n) is 4.64. The summed E-state index contributed by atoms with van der Waals surface area (Å²) in [5.74, 6) is -0.319. The number of furan rings is 1. The van der Waals surface area contributed by atoms with E-state index in [1.165, 1.54) is 30.5 Å². The number of nitrogens with one attached hydrogen (secondary N) is 2. The molecule has 29 heavy (non-hydrogen) atoms. The van der Waals surface area contributed by atoms with Gasteiger partial charge in [0, 0.05) is 12.1 Å². The highest BCUT2D eigenvalue weighted by atomic mass is 19.4. The first kappa shape index (κ1) is 18.6. The number of carbonyl (C=O) groups excluding carboxylic acids is 1. The van der Waals surface area contributed by atoms with Crippen LogP contribution in [0.3, 0.4) is 0 Å². The fourth-order valence-electron chi connectivity index (χ4n) is 3.23. The van der Waals surface area contributed by atoms with Gasteiger partial charge in [-0.3, -0.25) is 4.79 Å². The summed E-state index contributed by atoms with van der Waals surface area (Å²) in [5, 5.41) is 18.2. The Labute approximate surface area is 162 Å². The van der Waals surface area contributed by atoms with E-state index in [4.69, 9.17) is 9.68 Å². The summed E-state index contributed by atoms with van der Waals surface area (Å²) in [7, 11) is 0. The minimum absolute atomic E-state index is 0.0279. The van der Waals surface area contributed by atoms with Gasteiger partial charge in [0.2, 0.25) is 0 Å². The van der Waals surface area contributed by atoms with Crippen LogP contribution in [0.25, 0.3) is 0 Å². The normalized spacial score (nSPS) is 18.4. The average Bonchev–Trinajstić information content (AvgIpc) is 3.37. The molecule has 0 spiro atoms. The molecule has 2 aromatic heterocycles. The first-order valence-corrected chi connectivity index (χ1v) is 8.62. The minimum atomic E-state index is -4.55. The Bertz CT molecular complexity index is 1060. The molecule has 0 saturated heterocycles. The Morgan fingerprint density at radius 3 is 2.69 bits per heavy atom. The number of amides is 1. The van der Waals surface area contributed by atoms with Crippen LogP contribution in [0.2, 0.25) is 0 Å². The maximum absolute atomic E-state index is 13.6. The molecule has 10 heteroatoms. The number of benzene rings is 1. The molecule has 0 saturated carbocycles. The quantitative estimate of drug-likeness (QED) is 0.684. The number of anilines is 2. The summed E-state index contributed by atoms with van der Waals surface area (Å²) in [5.41, 5.74) is 0.793. The second-order valence-corrected chi connectivity index (χ2v) is 6.50. The molecular weight excluding hydrogens is 387 g/mol. The fourth-order valence-corrected chi connectivity index (χ4v) is 3.23.